The molecule has 0 unspecified atom stereocenters. The molecule has 25 heavy (non-hydrogen) atoms. The molecule has 2 aromatic carbocycles. The number of aryl methyl sites for hydroxylation is 1. The van der Waals surface area contributed by atoms with Crippen molar-refractivity contribution < 1.29 is 0 Å². The number of nitrogens with one attached hydrogen (secondary N) is 2. The number of benzene rings is 2. The number of para-hydroxylation sites is 1. The van der Waals surface area contributed by atoms with Gasteiger partial charge in [0.2, 0.25) is 0 Å². The van der Waals surface area contributed by atoms with Crippen molar-refractivity contribution in [2.24, 2.45) is 0 Å². The number of H-pyrrole nitrogens is 1. The van der Waals surface area contributed by atoms with Gasteiger partial charge in [0.05, 0.1) is 5.52 Å². The van der Waals surface area contributed by atoms with Gasteiger partial charge in [-0.05, 0) is 42.4 Å². The van der Waals surface area contributed by atoms with E-state index in [9.17, 15) is 0 Å². The molecule has 0 saturated heterocycles. The predicted molar refractivity (Wildman–Crippen MR) is 101 cm³/mol. The fraction of sp³-hybridized carbons (Fsp3) is 0.105. The summed E-state index contributed by atoms with van der Waals surface area (Å²) in [5, 5.41) is 12.3. The van der Waals surface area contributed by atoms with Crippen LogP contribution < -0.4 is 5.32 Å². The van der Waals surface area contributed by atoms with Gasteiger partial charge in [0.25, 0.3) is 0 Å². The monoisotopic (exact) mass is 347 g/mol. The number of fused-ring (bicyclic) bond motifs is 1. The summed E-state index contributed by atoms with van der Waals surface area (Å²) in [6.45, 7) is 2.09. The fourth-order valence-electron chi connectivity index (χ4n) is 2.52. The van der Waals surface area contributed by atoms with E-state index in [-0.39, 0.29) is 0 Å². The summed E-state index contributed by atoms with van der Waals surface area (Å²) in [7, 11) is 0. The maximum atomic E-state index is 4.71. The minimum absolute atomic E-state index is 0.707. The first-order valence-electron chi connectivity index (χ1n) is 8.13. The van der Waals surface area contributed by atoms with E-state index in [0.29, 0.717) is 5.16 Å². The molecular formula is C19H17N5S. The first kappa shape index (κ1) is 15.7. The molecule has 0 radical (unpaired) electrons. The first-order chi connectivity index (χ1) is 12.3. The minimum Gasteiger partial charge on any atom is -0.323 e. The molecule has 0 saturated carbocycles. The molecular weight excluding hydrogens is 330 g/mol. The number of rotatable bonds is 5. The Morgan fingerprint density at radius 3 is 2.60 bits per heavy atom. The molecule has 5 nitrogen and oxygen atoms in total. The maximum absolute atomic E-state index is 4.71. The lowest BCUT2D eigenvalue weighted by Crippen LogP contribution is -1.98. The Morgan fingerprint density at radius 2 is 1.80 bits per heavy atom. The second-order valence-corrected chi connectivity index (χ2v) is 6.58. The van der Waals surface area contributed by atoms with Gasteiger partial charge in [-0.25, -0.2) is 9.97 Å². The topological polar surface area (TPSA) is 66.5 Å². The summed E-state index contributed by atoms with van der Waals surface area (Å²) in [5.74, 6) is 1.52. The van der Waals surface area contributed by atoms with Crippen LogP contribution in [0.5, 0.6) is 0 Å². The van der Waals surface area contributed by atoms with Gasteiger partial charge in [-0.15, -0.1) is 0 Å². The zero-order valence-electron chi connectivity index (χ0n) is 13.7. The third-order valence-corrected chi connectivity index (χ3v) is 4.67. The molecule has 4 rings (SSSR count). The van der Waals surface area contributed by atoms with Gasteiger partial charge in [0.15, 0.2) is 11.0 Å². The van der Waals surface area contributed by atoms with E-state index in [1.807, 2.05) is 48.5 Å². The average molecular weight is 347 g/mol. The van der Waals surface area contributed by atoms with E-state index in [2.05, 4.69) is 39.6 Å². The molecule has 2 aromatic heterocycles. The van der Waals surface area contributed by atoms with Crippen molar-refractivity contribution in [3.63, 3.8) is 0 Å². The first-order valence-corrected chi connectivity index (χ1v) is 8.94. The van der Waals surface area contributed by atoms with Crippen molar-refractivity contribution in [2.75, 3.05) is 5.32 Å². The Balaban J connectivity index is 1.73. The molecule has 4 aromatic rings. The summed E-state index contributed by atoms with van der Waals surface area (Å²) >= 11 is 1.55. The van der Waals surface area contributed by atoms with Crippen LogP contribution in [0.15, 0.2) is 70.7 Å². The molecule has 2 N–H and O–H groups in total. The van der Waals surface area contributed by atoms with Crippen LogP contribution in [0.4, 0.5) is 11.6 Å². The molecule has 0 aliphatic rings. The van der Waals surface area contributed by atoms with E-state index in [1.165, 1.54) is 0 Å². The molecule has 0 fully saturated rings. The highest BCUT2D eigenvalue weighted by Crippen LogP contribution is 2.30. The Kier molecular flexibility index (Phi) is 4.35. The summed E-state index contributed by atoms with van der Waals surface area (Å²) in [5.41, 5.74) is 1.99. The summed E-state index contributed by atoms with van der Waals surface area (Å²) in [6.07, 6.45) is 0.911. The minimum atomic E-state index is 0.707. The van der Waals surface area contributed by atoms with E-state index < -0.39 is 0 Å². The number of nitrogens with zero attached hydrogens (tertiary/aromatic N) is 3. The van der Waals surface area contributed by atoms with Crippen LogP contribution in [-0.2, 0) is 6.42 Å². The third-order valence-electron chi connectivity index (χ3n) is 3.79. The fourth-order valence-corrected chi connectivity index (χ4v) is 3.30. The van der Waals surface area contributed by atoms with Crippen LogP contribution in [0.3, 0.4) is 0 Å². The van der Waals surface area contributed by atoms with Gasteiger partial charge in [-0.3, -0.25) is 5.10 Å². The highest BCUT2D eigenvalue weighted by Gasteiger charge is 2.10. The number of hydrogen-bond donors (Lipinski definition) is 2. The van der Waals surface area contributed by atoms with Crippen LogP contribution in [0.2, 0.25) is 0 Å². The summed E-state index contributed by atoms with van der Waals surface area (Å²) in [6, 6.07) is 20.1. The van der Waals surface area contributed by atoms with E-state index in [1.54, 1.807) is 11.8 Å². The summed E-state index contributed by atoms with van der Waals surface area (Å²) in [4.78, 5) is 10.5. The number of aromatic amines is 1. The number of aromatic nitrogens is 4. The van der Waals surface area contributed by atoms with Crippen LogP contribution in [0.25, 0.3) is 10.9 Å². The Labute approximate surface area is 149 Å². The van der Waals surface area contributed by atoms with Crippen molar-refractivity contribution in [1.82, 2.24) is 20.2 Å². The van der Waals surface area contributed by atoms with E-state index in [0.717, 1.165) is 39.5 Å². The Morgan fingerprint density at radius 1 is 1.00 bits per heavy atom. The van der Waals surface area contributed by atoms with Crippen molar-refractivity contribution in [3.05, 3.63) is 66.4 Å². The molecule has 0 bridgehead atoms. The summed E-state index contributed by atoms with van der Waals surface area (Å²) < 4.78 is 0. The van der Waals surface area contributed by atoms with Crippen LogP contribution in [0.1, 0.15) is 12.6 Å². The third kappa shape index (κ3) is 3.49. The zero-order valence-corrected chi connectivity index (χ0v) is 14.5. The van der Waals surface area contributed by atoms with Crippen LogP contribution in [0, 0.1) is 0 Å². The largest absolute Gasteiger partial charge is 0.323 e. The normalized spacial score (nSPS) is 10.9. The second-order valence-electron chi connectivity index (χ2n) is 5.54. The van der Waals surface area contributed by atoms with Gasteiger partial charge in [-0.2, -0.15) is 5.10 Å². The second kappa shape index (κ2) is 6.94. The van der Waals surface area contributed by atoms with E-state index in [4.69, 9.17) is 4.98 Å². The number of hydrogen-bond acceptors (Lipinski definition) is 5. The standard InChI is InChI=1S/C19H17N5S/c1-2-13-12-17(24-23-13)21-18-15-10-6-7-11-16(15)20-19(22-18)25-14-8-4-3-5-9-14/h3-12H,2H2,1H3,(H2,20,21,22,23,24). The van der Waals surface area contributed by atoms with Crippen molar-refractivity contribution in [2.45, 2.75) is 23.4 Å². The van der Waals surface area contributed by atoms with Gasteiger partial charge >= 0.3 is 0 Å². The Hall–Kier alpha value is -2.86. The predicted octanol–water partition coefficient (Wildman–Crippen LogP) is 4.81. The smallest absolute Gasteiger partial charge is 0.195 e. The molecule has 0 aliphatic carbocycles. The molecule has 6 heteroatoms. The average Bonchev–Trinajstić information content (AvgIpc) is 3.10. The maximum Gasteiger partial charge on any atom is 0.195 e. The highest BCUT2D eigenvalue weighted by atomic mass is 32.2. The van der Waals surface area contributed by atoms with Crippen LogP contribution in [-0.4, -0.2) is 20.2 Å². The molecule has 0 spiro atoms. The van der Waals surface area contributed by atoms with Gasteiger partial charge in [0, 0.05) is 22.0 Å². The van der Waals surface area contributed by atoms with Gasteiger partial charge in [0.1, 0.15) is 5.82 Å². The number of anilines is 2. The lowest BCUT2D eigenvalue weighted by atomic mass is 10.2. The molecule has 0 aliphatic heterocycles. The highest BCUT2D eigenvalue weighted by molar-refractivity contribution is 7.99. The lowest BCUT2D eigenvalue weighted by molar-refractivity contribution is 0.972. The zero-order chi connectivity index (χ0) is 17.1. The SMILES string of the molecule is CCc1cc(Nc2nc(Sc3ccccc3)nc3ccccc23)n[nH]1. The molecule has 124 valence electrons. The molecule has 0 atom stereocenters. The van der Waals surface area contributed by atoms with Crippen molar-refractivity contribution in [3.8, 4) is 0 Å². The molecule has 0 amide bonds. The van der Waals surface area contributed by atoms with Gasteiger partial charge < -0.3 is 5.32 Å². The lowest BCUT2D eigenvalue weighted by Gasteiger charge is -2.09. The van der Waals surface area contributed by atoms with Crippen molar-refractivity contribution in [1.29, 1.82) is 0 Å². The Bertz CT molecular complexity index is 997. The van der Waals surface area contributed by atoms with Crippen molar-refractivity contribution >= 4 is 34.3 Å². The van der Waals surface area contributed by atoms with E-state index >= 15 is 0 Å². The van der Waals surface area contributed by atoms with Crippen LogP contribution >= 0.6 is 11.8 Å². The molecule has 2 heterocycles. The quantitative estimate of drug-likeness (QED) is 0.507. The van der Waals surface area contributed by atoms with Gasteiger partial charge in [-0.1, -0.05) is 37.3 Å².